The molecule has 0 saturated carbocycles. The summed E-state index contributed by atoms with van der Waals surface area (Å²) in [6, 6.07) is 0. The predicted octanol–water partition coefficient (Wildman–Crippen LogP) is 2.34. The fourth-order valence-corrected chi connectivity index (χ4v) is 1.48. The molecule has 0 spiro atoms. The molecule has 0 aliphatic carbocycles. The number of imidazole rings is 1. The topological polar surface area (TPSA) is 30.2 Å². The lowest BCUT2D eigenvalue weighted by molar-refractivity contribution is 1.07. The number of hydrogen-bond donors (Lipinski definition) is 0. The Hall–Kier alpha value is -0.800. The summed E-state index contributed by atoms with van der Waals surface area (Å²) >= 11 is 11.8. The van der Waals surface area contributed by atoms with Crippen LogP contribution in [0, 0.1) is 6.92 Å². The number of halogens is 2. The lowest BCUT2D eigenvalue weighted by Gasteiger charge is -2.01. The molecule has 2 heterocycles. The van der Waals surface area contributed by atoms with Crippen molar-refractivity contribution in [2.45, 2.75) is 6.92 Å². The highest BCUT2D eigenvalue weighted by Crippen LogP contribution is 2.20. The van der Waals surface area contributed by atoms with E-state index in [2.05, 4.69) is 9.97 Å². The molecule has 62 valence electrons. The number of nitrogens with zero attached hydrogens (tertiary/aromatic N) is 3. The lowest BCUT2D eigenvalue weighted by atomic mass is 10.5. The third-order valence-corrected chi connectivity index (χ3v) is 2.31. The highest BCUT2D eigenvalue weighted by Gasteiger charge is 2.07. The first-order valence-corrected chi connectivity index (χ1v) is 4.10. The molecule has 2 rings (SSSR count). The predicted molar refractivity (Wildman–Crippen MR) is 47.7 cm³/mol. The standard InChI is InChI=1S/C7H5Cl2N3/c1-4-6(9)12-3-2-10-7(12)5(8)11-4/h2-3H,1H3. The van der Waals surface area contributed by atoms with E-state index < -0.39 is 0 Å². The van der Waals surface area contributed by atoms with E-state index in [1.807, 2.05) is 0 Å². The molecule has 0 aliphatic rings. The molecular weight excluding hydrogens is 197 g/mol. The second-order valence-electron chi connectivity index (χ2n) is 2.40. The number of aryl methyl sites for hydroxylation is 1. The highest BCUT2D eigenvalue weighted by atomic mass is 35.5. The average Bonchev–Trinajstić information content (AvgIpc) is 2.48. The number of rotatable bonds is 0. The first kappa shape index (κ1) is 7.83. The molecule has 0 bridgehead atoms. The van der Waals surface area contributed by atoms with Gasteiger partial charge in [0, 0.05) is 12.4 Å². The SMILES string of the molecule is Cc1nc(Cl)c2nccn2c1Cl. The highest BCUT2D eigenvalue weighted by molar-refractivity contribution is 6.33. The lowest BCUT2D eigenvalue weighted by Crippen LogP contribution is -1.94. The van der Waals surface area contributed by atoms with Crippen LogP contribution in [0.5, 0.6) is 0 Å². The third kappa shape index (κ3) is 0.974. The van der Waals surface area contributed by atoms with Gasteiger partial charge in [0.05, 0.1) is 5.69 Å². The van der Waals surface area contributed by atoms with E-state index in [0.717, 1.165) is 0 Å². The van der Waals surface area contributed by atoms with Gasteiger partial charge in [-0.1, -0.05) is 23.2 Å². The van der Waals surface area contributed by atoms with E-state index in [4.69, 9.17) is 23.2 Å². The van der Waals surface area contributed by atoms with E-state index in [9.17, 15) is 0 Å². The molecular formula is C7H5Cl2N3. The fraction of sp³-hybridized carbons (Fsp3) is 0.143. The van der Waals surface area contributed by atoms with Gasteiger partial charge < -0.3 is 0 Å². The molecule has 0 N–H and O–H groups in total. The molecule has 0 amide bonds. The second-order valence-corrected chi connectivity index (χ2v) is 3.12. The number of fused-ring (bicyclic) bond motifs is 1. The summed E-state index contributed by atoms with van der Waals surface area (Å²) in [6.07, 6.45) is 3.38. The van der Waals surface area contributed by atoms with Gasteiger partial charge >= 0.3 is 0 Å². The van der Waals surface area contributed by atoms with Gasteiger partial charge in [-0.05, 0) is 6.92 Å². The Kier molecular flexibility index (Phi) is 1.70. The molecule has 0 unspecified atom stereocenters. The zero-order chi connectivity index (χ0) is 8.72. The van der Waals surface area contributed by atoms with Crippen LogP contribution < -0.4 is 0 Å². The Labute approximate surface area is 79.0 Å². The van der Waals surface area contributed by atoms with Crippen molar-refractivity contribution in [2.24, 2.45) is 0 Å². The maximum atomic E-state index is 5.94. The zero-order valence-electron chi connectivity index (χ0n) is 6.25. The van der Waals surface area contributed by atoms with Crippen LogP contribution in [0.3, 0.4) is 0 Å². The van der Waals surface area contributed by atoms with Crippen molar-refractivity contribution in [3.8, 4) is 0 Å². The van der Waals surface area contributed by atoms with Crippen LogP contribution >= 0.6 is 23.2 Å². The fourth-order valence-electron chi connectivity index (χ4n) is 1.03. The van der Waals surface area contributed by atoms with Crippen molar-refractivity contribution in [1.29, 1.82) is 0 Å². The first-order valence-electron chi connectivity index (χ1n) is 3.35. The second kappa shape index (κ2) is 2.61. The number of hydrogen-bond acceptors (Lipinski definition) is 2. The Bertz CT molecular complexity index is 435. The van der Waals surface area contributed by atoms with E-state index in [1.54, 1.807) is 23.7 Å². The van der Waals surface area contributed by atoms with Crippen LogP contribution in [0.25, 0.3) is 5.65 Å². The van der Waals surface area contributed by atoms with Crippen LogP contribution in [0.4, 0.5) is 0 Å². The summed E-state index contributed by atoms with van der Waals surface area (Å²) in [6.45, 7) is 1.80. The summed E-state index contributed by atoms with van der Waals surface area (Å²) < 4.78 is 1.70. The molecule has 0 aliphatic heterocycles. The van der Waals surface area contributed by atoms with E-state index in [-0.39, 0.29) is 0 Å². The maximum absolute atomic E-state index is 5.94. The summed E-state index contributed by atoms with van der Waals surface area (Å²) in [7, 11) is 0. The van der Waals surface area contributed by atoms with Crippen LogP contribution in [0.15, 0.2) is 12.4 Å². The molecule has 5 heteroatoms. The molecule has 0 saturated heterocycles. The molecule has 0 radical (unpaired) electrons. The van der Waals surface area contributed by atoms with Crippen LogP contribution in [-0.4, -0.2) is 14.4 Å². The number of aromatic nitrogens is 3. The van der Waals surface area contributed by atoms with Gasteiger partial charge in [-0.3, -0.25) is 4.40 Å². The smallest absolute Gasteiger partial charge is 0.176 e. The summed E-state index contributed by atoms with van der Waals surface area (Å²) in [4.78, 5) is 8.03. The molecule has 3 nitrogen and oxygen atoms in total. The van der Waals surface area contributed by atoms with Gasteiger partial charge in [0.25, 0.3) is 0 Å². The molecule has 0 aromatic carbocycles. The van der Waals surface area contributed by atoms with E-state index in [0.29, 0.717) is 21.6 Å². The average molecular weight is 202 g/mol. The Morgan fingerprint density at radius 3 is 2.92 bits per heavy atom. The summed E-state index contributed by atoms with van der Waals surface area (Å²) in [5.74, 6) is 0. The Balaban J connectivity index is 2.97. The van der Waals surface area contributed by atoms with Crippen molar-refractivity contribution < 1.29 is 0 Å². The van der Waals surface area contributed by atoms with Crippen LogP contribution in [0.1, 0.15) is 5.69 Å². The monoisotopic (exact) mass is 201 g/mol. The summed E-state index contributed by atoms with van der Waals surface area (Å²) in [5, 5.41) is 0.925. The third-order valence-electron chi connectivity index (χ3n) is 1.60. The Morgan fingerprint density at radius 1 is 1.42 bits per heavy atom. The molecule has 0 atom stereocenters. The van der Waals surface area contributed by atoms with Crippen molar-refractivity contribution in [2.75, 3.05) is 0 Å². The van der Waals surface area contributed by atoms with Gasteiger partial charge in [0.1, 0.15) is 5.15 Å². The molecule has 12 heavy (non-hydrogen) atoms. The van der Waals surface area contributed by atoms with E-state index in [1.165, 1.54) is 0 Å². The Morgan fingerprint density at radius 2 is 2.17 bits per heavy atom. The van der Waals surface area contributed by atoms with Gasteiger partial charge in [-0.25, -0.2) is 9.97 Å². The molecule has 0 fully saturated rings. The normalized spacial score (nSPS) is 10.9. The molecule has 2 aromatic rings. The van der Waals surface area contributed by atoms with Crippen LogP contribution in [0.2, 0.25) is 10.3 Å². The van der Waals surface area contributed by atoms with Crippen molar-refractivity contribution >= 4 is 28.8 Å². The zero-order valence-corrected chi connectivity index (χ0v) is 7.76. The maximum Gasteiger partial charge on any atom is 0.176 e. The minimum absolute atomic E-state index is 0.377. The van der Waals surface area contributed by atoms with Gasteiger partial charge in [0.15, 0.2) is 10.8 Å². The summed E-state index contributed by atoms with van der Waals surface area (Å²) in [5.41, 5.74) is 1.29. The largest absolute Gasteiger partial charge is 0.286 e. The minimum Gasteiger partial charge on any atom is -0.286 e. The van der Waals surface area contributed by atoms with Crippen molar-refractivity contribution in [3.63, 3.8) is 0 Å². The van der Waals surface area contributed by atoms with Gasteiger partial charge in [0.2, 0.25) is 0 Å². The van der Waals surface area contributed by atoms with E-state index >= 15 is 0 Å². The van der Waals surface area contributed by atoms with Crippen molar-refractivity contribution in [3.05, 3.63) is 28.4 Å². The quantitative estimate of drug-likeness (QED) is 0.656. The minimum atomic E-state index is 0.377. The van der Waals surface area contributed by atoms with Gasteiger partial charge in [-0.15, -0.1) is 0 Å². The van der Waals surface area contributed by atoms with Crippen molar-refractivity contribution in [1.82, 2.24) is 14.4 Å². The molecule has 2 aromatic heterocycles. The first-order chi connectivity index (χ1) is 5.70. The van der Waals surface area contributed by atoms with Gasteiger partial charge in [-0.2, -0.15) is 0 Å². The van der Waals surface area contributed by atoms with Crippen LogP contribution in [-0.2, 0) is 0 Å².